The van der Waals surface area contributed by atoms with E-state index in [-0.39, 0.29) is 17.9 Å². The normalized spacial score (nSPS) is 27.4. The molecule has 0 aromatic heterocycles. The van der Waals surface area contributed by atoms with Crippen molar-refractivity contribution in [2.75, 3.05) is 12.0 Å². The number of carbonyl (C=O) groups is 1. The summed E-state index contributed by atoms with van der Waals surface area (Å²) in [5.41, 5.74) is 6.00. The molecular weight excluding hydrogens is 220 g/mol. The van der Waals surface area contributed by atoms with Crippen LogP contribution in [0.15, 0.2) is 0 Å². The van der Waals surface area contributed by atoms with Gasteiger partial charge in [-0.3, -0.25) is 4.79 Å². The molecule has 0 aromatic rings. The van der Waals surface area contributed by atoms with Gasteiger partial charge in [-0.1, -0.05) is 19.8 Å². The predicted octanol–water partition coefficient (Wildman–Crippen LogP) is 1.76. The van der Waals surface area contributed by atoms with Crippen molar-refractivity contribution in [1.29, 1.82) is 0 Å². The number of hydrogen-bond donors (Lipinski definition) is 2. The molecule has 0 heterocycles. The van der Waals surface area contributed by atoms with Gasteiger partial charge in [0.1, 0.15) is 0 Å². The van der Waals surface area contributed by atoms with Crippen LogP contribution in [0.2, 0.25) is 0 Å². The molecule has 1 amide bonds. The molecule has 3 unspecified atom stereocenters. The second-order valence-corrected chi connectivity index (χ2v) is 5.53. The molecule has 1 saturated carbocycles. The fraction of sp³-hybridized carbons (Fsp3) is 0.917. The van der Waals surface area contributed by atoms with E-state index < -0.39 is 0 Å². The van der Waals surface area contributed by atoms with Crippen molar-refractivity contribution < 1.29 is 4.79 Å². The minimum Gasteiger partial charge on any atom is -0.352 e. The van der Waals surface area contributed by atoms with E-state index in [0.29, 0.717) is 6.04 Å². The maximum atomic E-state index is 12.1. The molecule has 3 atom stereocenters. The topological polar surface area (TPSA) is 55.1 Å². The summed E-state index contributed by atoms with van der Waals surface area (Å²) in [6, 6.07) is 0.372. The number of nitrogens with two attached hydrogens (primary N) is 1. The van der Waals surface area contributed by atoms with Gasteiger partial charge in [0, 0.05) is 17.8 Å². The fourth-order valence-electron chi connectivity index (χ4n) is 2.26. The van der Waals surface area contributed by atoms with Gasteiger partial charge in [-0.25, -0.2) is 0 Å². The van der Waals surface area contributed by atoms with Gasteiger partial charge >= 0.3 is 0 Å². The summed E-state index contributed by atoms with van der Waals surface area (Å²) < 4.78 is 0. The summed E-state index contributed by atoms with van der Waals surface area (Å²) >= 11 is 1.78. The number of hydrogen-bond acceptors (Lipinski definition) is 3. The van der Waals surface area contributed by atoms with Crippen LogP contribution in [0.1, 0.15) is 39.0 Å². The lowest BCUT2D eigenvalue weighted by Gasteiger charge is -2.29. The van der Waals surface area contributed by atoms with Crippen molar-refractivity contribution in [3.05, 3.63) is 0 Å². The van der Waals surface area contributed by atoms with Crippen LogP contribution in [0.4, 0.5) is 0 Å². The molecule has 4 heteroatoms. The minimum absolute atomic E-state index is 0.0460. The highest BCUT2D eigenvalue weighted by molar-refractivity contribution is 7.98. The molecule has 1 fully saturated rings. The molecular formula is C12H24N2OS. The first-order chi connectivity index (χ1) is 7.69. The summed E-state index contributed by atoms with van der Waals surface area (Å²) in [6.45, 7) is 2.11. The Morgan fingerprint density at radius 1 is 1.50 bits per heavy atom. The third kappa shape index (κ3) is 3.98. The van der Waals surface area contributed by atoms with Crippen LogP contribution in [-0.2, 0) is 4.79 Å². The zero-order valence-electron chi connectivity index (χ0n) is 10.4. The van der Waals surface area contributed by atoms with E-state index in [9.17, 15) is 4.79 Å². The van der Waals surface area contributed by atoms with Crippen LogP contribution in [0.3, 0.4) is 0 Å². The fourth-order valence-corrected chi connectivity index (χ4v) is 2.98. The van der Waals surface area contributed by atoms with Crippen LogP contribution >= 0.6 is 11.8 Å². The third-order valence-electron chi connectivity index (χ3n) is 3.36. The number of rotatable bonds is 5. The molecule has 0 bridgehead atoms. The van der Waals surface area contributed by atoms with Crippen molar-refractivity contribution >= 4 is 17.7 Å². The molecule has 0 aromatic carbocycles. The summed E-state index contributed by atoms with van der Waals surface area (Å²) in [7, 11) is 0. The Bertz CT molecular complexity index is 223. The Labute approximate surface area is 103 Å². The molecule has 94 valence electrons. The van der Waals surface area contributed by atoms with E-state index >= 15 is 0 Å². The van der Waals surface area contributed by atoms with Crippen LogP contribution in [0.5, 0.6) is 0 Å². The average Bonchev–Trinajstić information content (AvgIpc) is 2.28. The molecule has 1 aliphatic rings. The monoisotopic (exact) mass is 244 g/mol. The van der Waals surface area contributed by atoms with Crippen molar-refractivity contribution in [3.63, 3.8) is 0 Å². The van der Waals surface area contributed by atoms with Gasteiger partial charge in [0.2, 0.25) is 5.91 Å². The highest BCUT2D eigenvalue weighted by Gasteiger charge is 2.28. The van der Waals surface area contributed by atoms with Crippen LogP contribution in [0.25, 0.3) is 0 Å². The van der Waals surface area contributed by atoms with Gasteiger partial charge in [-0.2, -0.15) is 11.8 Å². The van der Waals surface area contributed by atoms with Crippen molar-refractivity contribution in [3.8, 4) is 0 Å². The second kappa shape index (κ2) is 7.17. The standard InChI is InChI=1S/C12H24N2OS/c1-3-9(8-16-2)14-12(15)10-6-4-5-7-11(10)13/h9-11H,3-8,13H2,1-2H3,(H,14,15). The first-order valence-electron chi connectivity index (χ1n) is 6.24. The third-order valence-corrected chi connectivity index (χ3v) is 4.10. The average molecular weight is 244 g/mol. The Morgan fingerprint density at radius 2 is 2.19 bits per heavy atom. The second-order valence-electron chi connectivity index (χ2n) is 4.62. The van der Waals surface area contributed by atoms with Gasteiger partial charge in [-0.05, 0) is 25.5 Å². The Morgan fingerprint density at radius 3 is 2.75 bits per heavy atom. The number of amides is 1. The molecule has 1 aliphatic carbocycles. The van der Waals surface area contributed by atoms with Gasteiger partial charge in [-0.15, -0.1) is 0 Å². The summed E-state index contributed by atoms with van der Waals surface area (Å²) in [5.74, 6) is 1.21. The Balaban J connectivity index is 2.42. The smallest absolute Gasteiger partial charge is 0.224 e. The van der Waals surface area contributed by atoms with E-state index in [2.05, 4.69) is 18.5 Å². The van der Waals surface area contributed by atoms with E-state index in [1.165, 1.54) is 6.42 Å². The van der Waals surface area contributed by atoms with Crippen LogP contribution in [-0.4, -0.2) is 30.0 Å². The zero-order chi connectivity index (χ0) is 12.0. The Kier molecular flexibility index (Phi) is 6.21. The lowest BCUT2D eigenvalue weighted by Crippen LogP contribution is -2.47. The SMILES string of the molecule is CCC(CSC)NC(=O)C1CCCCC1N. The summed E-state index contributed by atoms with van der Waals surface area (Å²) in [4.78, 5) is 12.1. The van der Waals surface area contributed by atoms with Crippen molar-refractivity contribution in [2.45, 2.75) is 51.1 Å². The van der Waals surface area contributed by atoms with Crippen LogP contribution < -0.4 is 11.1 Å². The molecule has 0 aliphatic heterocycles. The first-order valence-corrected chi connectivity index (χ1v) is 7.63. The van der Waals surface area contributed by atoms with E-state index in [0.717, 1.165) is 31.4 Å². The summed E-state index contributed by atoms with van der Waals surface area (Å²) in [5, 5.41) is 3.13. The predicted molar refractivity (Wildman–Crippen MR) is 70.5 cm³/mol. The molecule has 1 rings (SSSR count). The number of thioether (sulfide) groups is 1. The van der Waals surface area contributed by atoms with Gasteiger partial charge < -0.3 is 11.1 Å². The largest absolute Gasteiger partial charge is 0.352 e. The highest BCUT2D eigenvalue weighted by Crippen LogP contribution is 2.23. The molecule has 16 heavy (non-hydrogen) atoms. The van der Waals surface area contributed by atoms with E-state index in [1.54, 1.807) is 11.8 Å². The maximum absolute atomic E-state index is 12.1. The zero-order valence-corrected chi connectivity index (χ0v) is 11.2. The number of carbonyl (C=O) groups excluding carboxylic acids is 1. The van der Waals surface area contributed by atoms with Crippen molar-refractivity contribution in [2.24, 2.45) is 11.7 Å². The van der Waals surface area contributed by atoms with Crippen molar-refractivity contribution in [1.82, 2.24) is 5.32 Å². The molecule has 0 radical (unpaired) electrons. The van der Waals surface area contributed by atoms with Gasteiger partial charge in [0.15, 0.2) is 0 Å². The Hall–Kier alpha value is -0.220. The molecule has 3 nitrogen and oxygen atoms in total. The maximum Gasteiger partial charge on any atom is 0.224 e. The number of nitrogens with one attached hydrogen (secondary N) is 1. The molecule has 3 N–H and O–H groups in total. The van der Waals surface area contributed by atoms with Crippen LogP contribution in [0, 0.1) is 5.92 Å². The van der Waals surface area contributed by atoms with E-state index in [4.69, 9.17) is 5.73 Å². The van der Waals surface area contributed by atoms with Gasteiger partial charge in [0.25, 0.3) is 0 Å². The minimum atomic E-state index is 0.0460. The van der Waals surface area contributed by atoms with Gasteiger partial charge in [0.05, 0.1) is 5.92 Å². The first kappa shape index (κ1) is 13.8. The summed E-state index contributed by atoms with van der Waals surface area (Å²) in [6.07, 6.45) is 7.34. The van der Waals surface area contributed by atoms with E-state index in [1.807, 2.05) is 0 Å². The quantitative estimate of drug-likeness (QED) is 0.775. The highest BCUT2D eigenvalue weighted by atomic mass is 32.2. The lowest BCUT2D eigenvalue weighted by molar-refractivity contribution is -0.127. The molecule has 0 saturated heterocycles. The molecule has 0 spiro atoms. The lowest BCUT2D eigenvalue weighted by atomic mass is 9.84.